The summed E-state index contributed by atoms with van der Waals surface area (Å²) in [6.07, 6.45) is 7.69. The van der Waals surface area contributed by atoms with Gasteiger partial charge in [-0.25, -0.2) is 0 Å². The third-order valence-electron chi connectivity index (χ3n) is 4.24. The van der Waals surface area contributed by atoms with Crippen LogP contribution in [-0.2, 0) is 0 Å². The first-order chi connectivity index (χ1) is 10.1. The molecule has 1 aliphatic carbocycles. The Kier molecular flexibility index (Phi) is 6.76. The van der Waals surface area contributed by atoms with Gasteiger partial charge in [-0.3, -0.25) is 0 Å². The molecule has 0 N–H and O–H groups in total. The average molecular weight is 438 g/mol. The molecule has 1 fully saturated rings. The normalized spacial score (nSPS) is 18.1. The SMILES string of the molecule is COc1cc(Br)c(OCC2(CS)CCCCCC2)cc1Br. The summed E-state index contributed by atoms with van der Waals surface area (Å²) in [4.78, 5) is 0. The summed E-state index contributed by atoms with van der Waals surface area (Å²) >= 11 is 11.7. The predicted molar refractivity (Wildman–Crippen MR) is 97.9 cm³/mol. The molecule has 2 nitrogen and oxygen atoms in total. The van der Waals surface area contributed by atoms with Crippen molar-refractivity contribution in [1.29, 1.82) is 0 Å². The highest BCUT2D eigenvalue weighted by Crippen LogP contribution is 2.40. The van der Waals surface area contributed by atoms with Crippen molar-refractivity contribution in [2.45, 2.75) is 38.5 Å². The fraction of sp³-hybridized carbons (Fsp3) is 0.625. The summed E-state index contributed by atoms with van der Waals surface area (Å²) in [7, 11) is 1.66. The van der Waals surface area contributed by atoms with Crippen LogP contribution in [0.25, 0.3) is 0 Å². The van der Waals surface area contributed by atoms with Crippen LogP contribution in [0.15, 0.2) is 21.1 Å². The molecular weight excluding hydrogens is 416 g/mol. The van der Waals surface area contributed by atoms with Gasteiger partial charge in [-0.2, -0.15) is 12.6 Å². The summed E-state index contributed by atoms with van der Waals surface area (Å²) in [6.45, 7) is 0.730. The minimum atomic E-state index is 0.214. The maximum absolute atomic E-state index is 6.13. The lowest BCUT2D eigenvalue weighted by atomic mass is 9.83. The van der Waals surface area contributed by atoms with E-state index >= 15 is 0 Å². The summed E-state index contributed by atoms with van der Waals surface area (Å²) in [6, 6.07) is 3.89. The van der Waals surface area contributed by atoms with Crippen molar-refractivity contribution in [2.24, 2.45) is 5.41 Å². The Hall–Kier alpha value is 0.130. The molecule has 0 radical (unpaired) electrons. The number of hydrogen-bond acceptors (Lipinski definition) is 3. The van der Waals surface area contributed by atoms with Gasteiger partial charge in [-0.05, 0) is 62.6 Å². The lowest BCUT2D eigenvalue weighted by Gasteiger charge is -2.31. The van der Waals surface area contributed by atoms with Crippen LogP contribution < -0.4 is 9.47 Å². The zero-order valence-corrected chi connectivity index (χ0v) is 16.4. The van der Waals surface area contributed by atoms with E-state index in [1.165, 1.54) is 38.5 Å². The first-order valence-electron chi connectivity index (χ1n) is 7.37. The van der Waals surface area contributed by atoms with Crippen molar-refractivity contribution in [3.63, 3.8) is 0 Å². The molecule has 118 valence electrons. The second-order valence-corrected chi connectivity index (χ2v) is 7.80. The number of ether oxygens (including phenoxy) is 2. The number of methoxy groups -OCH3 is 1. The number of benzene rings is 1. The number of halogens is 2. The molecule has 0 spiro atoms. The van der Waals surface area contributed by atoms with Crippen LogP contribution in [0.1, 0.15) is 38.5 Å². The van der Waals surface area contributed by atoms with Crippen molar-refractivity contribution in [3.05, 3.63) is 21.1 Å². The molecule has 1 aromatic carbocycles. The quantitative estimate of drug-likeness (QED) is 0.458. The Balaban J connectivity index is 2.09. The van der Waals surface area contributed by atoms with E-state index in [4.69, 9.17) is 9.47 Å². The molecule has 0 saturated heterocycles. The first kappa shape index (κ1) is 17.5. The molecule has 1 aliphatic rings. The van der Waals surface area contributed by atoms with Crippen LogP contribution in [0, 0.1) is 5.41 Å². The van der Waals surface area contributed by atoms with Gasteiger partial charge in [0.1, 0.15) is 11.5 Å². The van der Waals surface area contributed by atoms with Gasteiger partial charge >= 0.3 is 0 Å². The maximum Gasteiger partial charge on any atom is 0.134 e. The van der Waals surface area contributed by atoms with E-state index in [9.17, 15) is 0 Å². The summed E-state index contributed by atoms with van der Waals surface area (Å²) in [5, 5.41) is 0. The second kappa shape index (κ2) is 8.11. The number of hydrogen-bond donors (Lipinski definition) is 1. The third kappa shape index (κ3) is 4.55. The lowest BCUT2D eigenvalue weighted by molar-refractivity contribution is 0.147. The zero-order chi connectivity index (χ0) is 15.3. The summed E-state index contributed by atoms with van der Waals surface area (Å²) < 4.78 is 13.2. The van der Waals surface area contributed by atoms with E-state index in [1.807, 2.05) is 12.1 Å². The Morgan fingerprint density at radius 1 is 1.05 bits per heavy atom. The number of rotatable bonds is 5. The molecule has 0 atom stereocenters. The van der Waals surface area contributed by atoms with E-state index in [0.29, 0.717) is 0 Å². The molecular formula is C16H22Br2O2S. The van der Waals surface area contributed by atoms with Crippen molar-refractivity contribution in [1.82, 2.24) is 0 Å². The maximum atomic E-state index is 6.13. The fourth-order valence-electron chi connectivity index (χ4n) is 2.83. The van der Waals surface area contributed by atoms with E-state index in [1.54, 1.807) is 7.11 Å². The molecule has 0 heterocycles. The van der Waals surface area contributed by atoms with Crippen LogP contribution in [0.2, 0.25) is 0 Å². The standard InChI is InChI=1S/C16H22Br2O2S/c1-19-14-8-13(18)15(9-12(14)17)20-10-16(11-21)6-4-2-3-5-7-16/h8-9,21H,2-7,10-11H2,1H3. The van der Waals surface area contributed by atoms with Gasteiger partial charge < -0.3 is 9.47 Å². The van der Waals surface area contributed by atoms with Gasteiger partial charge in [0.05, 0.1) is 22.7 Å². The van der Waals surface area contributed by atoms with Gasteiger partial charge in [0.15, 0.2) is 0 Å². The molecule has 0 bridgehead atoms. The minimum Gasteiger partial charge on any atom is -0.496 e. The molecule has 21 heavy (non-hydrogen) atoms. The highest BCUT2D eigenvalue weighted by molar-refractivity contribution is 9.11. The Labute approximate surface area is 149 Å². The Morgan fingerprint density at radius 3 is 2.19 bits per heavy atom. The van der Waals surface area contributed by atoms with E-state index in [-0.39, 0.29) is 5.41 Å². The molecule has 0 unspecified atom stereocenters. The Bertz CT molecular complexity index is 472. The van der Waals surface area contributed by atoms with Crippen molar-refractivity contribution < 1.29 is 9.47 Å². The van der Waals surface area contributed by atoms with Crippen LogP contribution in [0.4, 0.5) is 0 Å². The average Bonchev–Trinajstić information content (AvgIpc) is 2.74. The predicted octanol–water partition coefficient (Wildman–Crippen LogP) is 5.87. The second-order valence-electron chi connectivity index (χ2n) is 5.78. The molecule has 2 rings (SSSR count). The van der Waals surface area contributed by atoms with Crippen molar-refractivity contribution in [3.8, 4) is 11.5 Å². The smallest absolute Gasteiger partial charge is 0.134 e. The minimum absolute atomic E-state index is 0.214. The molecule has 1 saturated carbocycles. The highest BCUT2D eigenvalue weighted by atomic mass is 79.9. The van der Waals surface area contributed by atoms with Gasteiger partial charge in [0, 0.05) is 5.41 Å². The highest BCUT2D eigenvalue weighted by Gasteiger charge is 2.30. The first-order valence-corrected chi connectivity index (χ1v) is 9.59. The summed E-state index contributed by atoms with van der Waals surface area (Å²) in [5.41, 5.74) is 0.214. The van der Waals surface area contributed by atoms with Crippen LogP contribution in [0.3, 0.4) is 0 Å². The van der Waals surface area contributed by atoms with Crippen LogP contribution in [-0.4, -0.2) is 19.5 Å². The topological polar surface area (TPSA) is 18.5 Å². The van der Waals surface area contributed by atoms with Crippen LogP contribution in [0.5, 0.6) is 11.5 Å². The molecule has 0 aromatic heterocycles. The van der Waals surface area contributed by atoms with Gasteiger partial charge in [-0.1, -0.05) is 25.7 Å². The largest absolute Gasteiger partial charge is 0.496 e. The fourth-order valence-corrected chi connectivity index (χ4v) is 4.16. The zero-order valence-electron chi connectivity index (χ0n) is 12.3. The van der Waals surface area contributed by atoms with E-state index in [0.717, 1.165) is 32.8 Å². The van der Waals surface area contributed by atoms with E-state index in [2.05, 4.69) is 44.5 Å². The Morgan fingerprint density at radius 2 is 1.62 bits per heavy atom. The molecule has 5 heteroatoms. The third-order valence-corrected chi connectivity index (χ3v) is 6.15. The van der Waals surface area contributed by atoms with Crippen molar-refractivity contribution >= 4 is 44.5 Å². The van der Waals surface area contributed by atoms with Gasteiger partial charge in [-0.15, -0.1) is 0 Å². The van der Waals surface area contributed by atoms with Gasteiger partial charge in [0.2, 0.25) is 0 Å². The summed E-state index contributed by atoms with van der Waals surface area (Å²) in [5.74, 6) is 2.54. The van der Waals surface area contributed by atoms with Crippen LogP contribution >= 0.6 is 44.5 Å². The van der Waals surface area contributed by atoms with Crippen molar-refractivity contribution in [2.75, 3.05) is 19.5 Å². The van der Waals surface area contributed by atoms with E-state index < -0.39 is 0 Å². The monoisotopic (exact) mass is 436 g/mol. The molecule has 1 aromatic rings. The van der Waals surface area contributed by atoms with Gasteiger partial charge in [0.25, 0.3) is 0 Å². The lowest BCUT2D eigenvalue weighted by Crippen LogP contribution is -2.30. The molecule has 0 amide bonds. The molecule has 0 aliphatic heterocycles. The number of thiol groups is 1.